The topological polar surface area (TPSA) is 58.9 Å². The van der Waals surface area contributed by atoms with Crippen molar-refractivity contribution in [1.29, 1.82) is 0 Å². The van der Waals surface area contributed by atoms with Gasteiger partial charge in [0.15, 0.2) is 0 Å². The normalized spacial score (nSPS) is 16.4. The lowest BCUT2D eigenvalue weighted by atomic mass is 10.0. The van der Waals surface area contributed by atoms with Gasteiger partial charge in [-0.05, 0) is 45.6 Å². The van der Waals surface area contributed by atoms with E-state index >= 15 is 0 Å². The Morgan fingerprint density at radius 3 is 2.70 bits per heavy atom. The van der Waals surface area contributed by atoms with Crippen LogP contribution in [0.1, 0.15) is 16.5 Å². The smallest absolute Gasteiger partial charge is 0.248 e. The third-order valence-corrected chi connectivity index (χ3v) is 4.77. The maximum atomic E-state index is 4.13. The predicted molar refractivity (Wildman–Crippen MR) is 92.6 cm³/mol. The highest BCUT2D eigenvalue weighted by atomic mass is 32.1. The van der Waals surface area contributed by atoms with Crippen LogP contribution >= 0.6 is 11.3 Å². The van der Waals surface area contributed by atoms with Crippen molar-refractivity contribution in [2.45, 2.75) is 6.04 Å². The van der Waals surface area contributed by atoms with Gasteiger partial charge in [-0.3, -0.25) is 0 Å². The van der Waals surface area contributed by atoms with Crippen molar-refractivity contribution in [1.82, 2.24) is 20.2 Å². The van der Waals surface area contributed by atoms with Crippen LogP contribution in [0.15, 0.2) is 47.9 Å². The van der Waals surface area contributed by atoms with E-state index in [-0.39, 0.29) is 6.04 Å². The summed E-state index contributed by atoms with van der Waals surface area (Å²) < 4.78 is 1.81. The molecule has 0 radical (unpaired) electrons. The first-order chi connectivity index (χ1) is 11.2. The van der Waals surface area contributed by atoms with Gasteiger partial charge in [0.25, 0.3) is 0 Å². The number of thiophene rings is 1. The van der Waals surface area contributed by atoms with Crippen molar-refractivity contribution in [3.8, 4) is 0 Å². The second kappa shape index (κ2) is 5.51. The van der Waals surface area contributed by atoms with Crippen LogP contribution in [0.2, 0.25) is 0 Å². The van der Waals surface area contributed by atoms with E-state index < -0.39 is 0 Å². The molecule has 1 N–H and O–H groups in total. The van der Waals surface area contributed by atoms with Crippen LogP contribution in [-0.2, 0) is 0 Å². The predicted octanol–water partition coefficient (Wildman–Crippen LogP) is 2.86. The highest BCUT2D eigenvalue weighted by Crippen LogP contribution is 2.33. The number of tetrazole rings is 1. The summed E-state index contributed by atoms with van der Waals surface area (Å²) in [6.07, 6.45) is 2.17. The molecule has 3 heterocycles. The van der Waals surface area contributed by atoms with Gasteiger partial charge >= 0.3 is 0 Å². The number of rotatable bonds is 3. The van der Waals surface area contributed by atoms with Gasteiger partial charge in [-0.15, -0.1) is 11.3 Å². The van der Waals surface area contributed by atoms with Crippen LogP contribution in [0.25, 0.3) is 5.70 Å². The molecule has 3 aromatic rings. The van der Waals surface area contributed by atoms with E-state index in [2.05, 4.69) is 67.5 Å². The molecule has 1 aromatic carbocycles. The third kappa shape index (κ3) is 2.49. The first-order valence-corrected chi connectivity index (χ1v) is 8.18. The van der Waals surface area contributed by atoms with Crippen molar-refractivity contribution < 1.29 is 0 Å². The SMILES string of the molecule is CN(C)c1ccc([C@@H]2C=C(c3cccs3)Nc3nnnn32)cc1. The Labute approximate surface area is 138 Å². The van der Waals surface area contributed by atoms with Crippen LogP contribution < -0.4 is 10.2 Å². The Morgan fingerprint density at radius 1 is 1.17 bits per heavy atom. The maximum Gasteiger partial charge on any atom is 0.248 e. The van der Waals surface area contributed by atoms with E-state index in [1.54, 1.807) is 11.3 Å². The molecule has 0 saturated carbocycles. The lowest BCUT2D eigenvalue weighted by Crippen LogP contribution is -2.20. The number of benzene rings is 1. The number of allylic oxidation sites excluding steroid dienone is 1. The van der Waals surface area contributed by atoms with Gasteiger partial charge in [-0.1, -0.05) is 23.3 Å². The minimum Gasteiger partial charge on any atom is -0.378 e. The van der Waals surface area contributed by atoms with Crippen LogP contribution in [0.5, 0.6) is 0 Å². The fourth-order valence-corrected chi connectivity index (χ4v) is 3.34. The van der Waals surface area contributed by atoms with Gasteiger partial charge in [-0.2, -0.15) is 4.68 Å². The molecule has 1 aliphatic heterocycles. The minimum absolute atomic E-state index is 0.0189. The molecule has 116 valence electrons. The van der Waals surface area contributed by atoms with E-state index in [1.807, 2.05) is 24.8 Å². The number of aromatic nitrogens is 4. The number of nitrogens with zero attached hydrogens (tertiary/aromatic N) is 5. The summed E-state index contributed by atoms with van der Waals surface area (Å²) >= 11 is 1.69. The zero-order valence-corrected chi connectivity index (χ0v) is 13.7. The van der Waals surface area contributed by atoms with Crippen molar-refractivity contribution in [2.24, 2.45) is 0 Å². The van der Waals surface area contributed by atoms with Gasteiger partial charge < -0.3 is 10.2 Å². The quantitative estimate of drug-likeness (QED) is 0.803. The average Bonchev–Trinajstić information content (AvgIpc) is 3.25. The second-order valence-electron chi connectivity index (χ2n) is 5.56. The molecule has 0 spiro atoms. The molecular weight excluding hydrogens is 308 g/mol. The highest BCUT2D eigenvalue weighted by Gasteiger charge is 2.24. The lowest BCUT2D eigenvalue weighted by Gasteiger charge is -2.23. The fourth-order valence-electron chi connectivity index (χ4n) is 2.64. The summed E-state index contributed by atoms with van der Waals surface area (Å²) in [5.41, 5.74) is 3.37. The van der Waals surface area contributed by atoms with Crippen molar-refractivity contribution >= 4 is 28.7 Å². The molecule has 0 aliphatic carbocycles. The Hall–Kier alpha value is -2.67. The van der Waals surface area contributed by atoms with E-state index in [1.165, 1.54) is 10.6 Å². The molecule has 7 heteroatoms. The van der Waals surface area contributed by atoms with Gasteiger partial charge in [0.1, 0.15) is 6.04 Å². The van der Waals surface area contributed by atoms with Gasteiger partial charge in [0, 0.05) is 19.8 Å². The largest absolute Gasteiger partial charge is 0.378 e. The molecule has 23 heavy (non-hydrogen) atoms. The number of hydrogen-bond acceptors (Lipinski definition) is 6. The standard InChI is InChI=1S/C16H16N6S/c1-21(2)12-7-5-11(6-8-12)14-10-13(15-4-3-9-23-15)17-16-18-19-20-22(14)16/h3-10,14H,1-2H3,(H,17,18,20)/t14-/m0/s1. The Morgan fingerprint density at radius 2 is 2.00 bits per heavy atom. The molecular formula is C16H16N6S. The molecule has 2 aromatic heterocycles. The first kappa shape index (κ1) is 14.0. The Balaban J connectivity index is 1.76. The van der Waals surface area contributed by atoms with Crippen LogP contribution in [0, 0.1) is 0 Å². The van der Waals surface area contributed by atoms with Gasteiger partial charge in [0.2, 0.25) is 5.95 Å². The van der Waals surface area contributed by atoms with E-state index in [4.69, 9.17) is 0 Å². The fraction of sp³-hybridized carbons (Fsp3) is 0.188. The maximum absolute atomic E-state index is 4.13. The summed E-state index contributed by atoms with van der Waals surface area (Å²) in [5.74, 6) is 0.664. The highest BCUT2D eigenvalue weighted by molar-refractivity contribution is 7.11. The monoisotopic (exact) mass is 324 g/mol. The van der Waals surface area contributed by atoms with Crippen LogP contribution in [-0.4, -0.2) is 34.3 Å². The van der Waals surface area contributed by atoms with Gasteiger partial charge in [0.05, 0.1) is 10.6 Å². The Bertz CT molecular complexity index is 832. The van der Waals surface area contributed by atoms with Crippen molar-refractivity contribution in [2.75, 3.05) is 24.3 Å². The molecule has 0 saturated heterocycles. The number of anilines is 2. The summed E-state index contributed by atoms with van der Waals surface area (Å²) in [7, 11) is 4.07. The van der Waals surface area contributed by atoms with Crippen molar-refractivity contribution in [3.05, 3.63) is 58.3 Å². The summed E-state index contributed by atoms with van der Waals surface area (Å²) in [6, 6.07) is 12.6. The number of nitrogens with one attached hydrogen (secondary N) is 1. The van der Waals surface area contributed by atoms with Crippen LogP contribution in [0.3, 0.4) is 0 Å². The Kier molecular flexibility index (Phi) is 3.34. The molecule has 0 unspecified atom stereocenters. The second-order valence-corrected chi connectivity index (χ2v) is 6.51. The zero-order chi connectivity index (χ0) is 15.8. The molecule has 4 rings (SSSR count). The molecule has 0 amide bonds. The molecule has 1 atom stereocenters. The third-order valence-electron chi connectivity index (χ3n) is 3.86. The summed E-state index contributed by atoms with van der Waals surface area (Å²) in [4.78, 5) is 3.26. The van der Waals surface area contributed by atoms with E-state index in [0.29, 0.717) is 5.95 Å². The molecule has 1 aliphatic rings. The van der Waals surface area contributed by atoms with E-state index in [0.717, 1.165) is 11.3 Å². The lowest BCUT2D eigenvalue weighted by molar-refractivity contribution is 0.586. The summed E-state index contributed by atoms with van der Waals surface area (Å²) in [5, 5.41) is 17.4. The molecule has 0 fully saturated rings. The zero-order valence-electron chi connectivity index (χ0n) is 12.8. The van der Waals surface area contributed by atoms with Crippen molar-refractivity contribution in [3.63, 3.8) is 0 Å². The average molecular weight is 324 g/mol. The number of fused-ring (bicyclic) bond motifs is 1. The van der Waals surface area contributed by atoms with Crippen LogP contribution in [0.4, 0.5) is 11.6 Å². The van der Waals surface area contributed by atoms with E-state index in [9.17, 15) is 0 Å². The first-order valence-electron chi connectivity index (χ1n) is 7.30. The molecule has 0 bridgehead atoms. The number of hydrogen-bond donors (Lipinski definition) is 1. The molecule has 6 nitrogen and oxygen atoms in total. The van der Waals surface area contributed by atoms with Gasteiger partial charge in [-0.25, -0.2) is 0 Å². The summed E-state index contributed by atoms with van der Waals surface area (Å²) in [6.45, 7) is 0. The minimum atomic E-state index is -0.0189.